The number of carbonyl (C=O) groups excluding carboxylic acids is 2. The number of likely N-dealkylation sites (tertiary alicyclic amines) is 1. The quantitative estimate of drug-likeness (QED) is 0.718. The van der Waals surface area contributed by atoms with Crippen LogP contribution in [0.15, 0.2) is 16.3 Å². The van der Waals surface area contributed by atoms with Gasteiger partial charge in [-0.15, -0.1) is 0 Å². The molecule has 6 heteroatoms. The van der Waals surface area contributed by atoms with Crippen LogP contribution in [-0.4, -0.2) is 61.1 Å². The highest BCUT2D eigenvalue weighted by Gasteiger charge is 2.41. The largest absolute Gasteiger partial charge is 0.326 e. The van der Waals surface area contributed by atoms with Gasteiger partial charge in [0.2, 0.25) is 5.91 Å². The molecule has 0 bridgehead atoms. The Labute approximate surface area is 173 Å². The van der Waals surface area contributed by atoms with E-state index in [9.17, 15) is 9.59 Å². The Kier molecular flexibility index (Phi) is 5.57. The van der Waals surface area contributed by atoms with E-state index >= 15 is 0 Å². The highest BCUT2D eigenvalue weighted by atomic mass is 16.2. The normalized spacial score (nSPS) is 29.1. The number of nitrogens with zero attached hydrogens (tertiary/aromatic N) is 2. The van der Waals surface area contributed by atoms with E-state index < -0.39 is 6.04 Å². The van der Waals surface area contributed by atoms with Crippen LogP contribution < -0.4 is 10.6 Å². The van der Waals surface area contributed by atoms with Gasteiger partial charge in [0.05, 0.1) is 12.2 Å². The van der Waals surface area contributed by atoms with Crippen LogP contribution in [0.25, 0.3) is 0 Å². The molecule has 158 valence electrons. The summed E-state index contributed by atoms with van der Waals surface area (Å²) in [5, 5.41) is 6.49. The third-order valence-corrected chi connectivity index (χ3v) is 7.66. The molecule has 3 heterocycles. The van der Waals surface area contributed by atoms with Gasteiger partial charge in [-0.1, -0.05) is 25.7 Å². The van der Waals surface area contributed by atoms with Crippen molar-refractivity contribution in [2.75, 3.05) is 32.7 Å². The number of Topliss-reactive ketones (excluding diaryl/α,β-unsaturated/α-hetero) is 1. The summed E-state index contributed by atoms with van der Waals surface area (Å²) in [4.78, 5) is 32.7. The summed E-state index contributed by atoms with van der Waals surface area (Å²) in [6, 6.07) is -0.468. The number of aliphatic imine (C=N–C) groups is 1. The first-order valence-electron chi connectivity index (χ1n) is 11.8. The second kappa shape index (κ2) is 8.31. The molecule has 6 nitrogen and oxygen atoms in total. The monoisotopic (exact) mass is 398 g/mol. The summed E-state index contributed by atoms with van der Waals surface area (Å²) < 4.78 is 0. The van der Waals surface area contributed by atoms with Gasteiger partial charge in [-0.05, 0) is 50.6 Å². The van der Waals surface area contributed by atoms with Crippen LogP contribution in [0, 0.1) is 17.8 Å². The van der Waals surface area contributed by atoms with E-state index in [1.807, 2.05) is 0 Å². The molecule has 1 atom stereocenters. The lowest BCUT2D eigenvalue weighted by atomic mass is 9.83. The van der Waals surface area contributed by atoms with E-state index in [1.165, 1.54) is 38.5 Å². The molecule has 0 radical (unpaired) electrons. The van der Waals surface area contributed by atoms with Crippen molar-refractivity contribution >= 4 is 17.4 Å². The Morgan fingerprint density at radius 1 is 1.03 bits per heavy atom. The number of hydrogen-bond donors (Lipinski definition) is 2. The number of nitrogens with one attached hydrogen (secondary N) is 2. The van der Waals surface area contributed by atoms with Crippen molar-refractivity contribution in [2.24, 2.45) is 22.7 Å². The molecule has 2 aliphatic carbocycles. The van der Waals surface area contributed by atoms with Crippen molar-refractivity contribution in [1.29, 1.82) is 0 Å². The molecular weight excluding hydrogens is 364 g/mol. The molecule has 29 heavy (non-hydrogen) atoms. The number of amides is 1. The lowest BCUT2D eigenvalue weighted by molar-refractivity contribution is -0.122. The predicted molar refractivity (Wildman–Crippen MR) is 113 cm³/mol. The maximum atomic E-state index is 12.9. The zero-order chi connectivity index (χ0) is 19.8. The standard InChI is InChI=1S/C23H34N4O2/c28-20(14-27-11-8-16(9-12-27)15-3-1-2-4-15)26-21-18-13-24-10-7-19(18)25-22(21)23(29)17-5-6-17/h15-17,22,24H,1-14H2,(H,26,28). The van der Waals surface area contributed by atoms with E-state index in [4.69, 9.17) is 4.99 Å². The van der Waals surface area contributed by atoms with Gasteiger partial charge in [-0.3, -0.25) is 19.5 Å². The minimum atomic E-state index is -0.468. The Morgan fingerprint density at radius 2 is 1.76 bits per heavy atom. The molecule has 2 N–H and O–H groups in total. The molecule has 0 spiro atoms. The average Bonchev–Trinajstić information content (AvgIpc) is 3.32. The second-order valence-electron chi connectivity index (χ2n) is 9.68. The summed E-state index contributed by atoms with van der Waals surface area (Å²) in [5.74, 6) is 2.16. The van der Waals surface area contributed by atoms with E-state index in [1.54, 1.807) is 0 Å². The van der Waals surface area contributed by atoms with Gasteiger partial charge >= 0.3 is 0 Å². The summed E-state index contributed by atoms with van der Waals surface area (Å²) in [6.45, 7) is 4.07. The smallest absolute Gasteiger partial charge is 0.238 e. The third-order valence-electron chi connectivity index (χ3n) is 7.66. The van der Waals surface area contributed by atoms with Gasteiger partial charge in [0.25, 0.3) is 0 Å². The van der Waals surface area contributed by atoms with Crippen LogP contribution in [0.2, 0.25) is 0 Å². The second-order valence-corrected chi connectivity index (χ2v) is 9.68. The van der Waals surface area contributed by atoms with Crippen LogP contribution in [0.4, 0.5) is 0 Å². The first-order valence-corrected chi connectivity index (χ1v) is 11.8. The first kappa shape index (κ1) is 19.4. The SMILES string of the molecule is O=C(CN1CCC(C2CCCC2)CC1)NC1=C2CNCCC2=NC1C(=O)C1CC1. The fourth-order valence-electron chi connectivity index (χ4n) is 5.80. The number of hydrogen-bond acceptors (Lipinski definition) is 5. The van der Waals surface area contributed by atoms with E-state index in [-0.39, 0.29) is 17.6 Å². The molecule has 2 saturated heterocycles. The highest BCUT2D eigenvalue weighted by molar-refractivity contribution is 6.09. The molecule has 0 aromatic rings. The Balaban J connectivity index is 1.19. The Morgan fingerprint density at radius 3 is 2.48 bits per heavy atom. The van der Waals surface area contributed by atoms with Gasteiger partial charge in [0, 0.05) is 36.7 Å². The van der Waals surface area contributed by atoms with E-state index in [2.05, 4.69) is 15.5 Å². The average molecular weight is 399 g/mol. The molecule has 2 saturated carbocycles. The number of rotatable bonds is 6. The maximum Gasteiger partial charge on any atom is 0.238 e. The molecule has 0 aromatic heterocycles. The van der Waals surface area contributed by atoms with Gasteiger partial charge in [0.1, 0.15) is 6.04 Å². The van der Waals surface area contributed by atoms with Crippen LogP contribution in [0.5, 0.6) is 0 Å². The minimum absolute atomic E-state index is 0.0161. The molecule has 5 rings (SSSR count). The summed E-state index contributed by atoms with van der Waals surface area (Å²) in [6.07, 6.45) is 10.9. The molecule has 5 aliphatic rings. The summed E-state index contributed by atoms with van der Waals surface area (Å²) in [7, 11) is 0. The first-order chi connectivity index (χ1) is 14.2. The van der Waals surface area contributed by atoms with Gasteiger partial charge in [-0.25, -0.2) is 0 Å². The van der Waals surface area contributed by atoms with E-state index in [0.717, 1.165) is 67.7 Å². The summed E-state index contributed by atoms with van der Waals surface area (Å²) in [5.41, 5.74) is 2.86. The van der Waals surface area contributed by atoms with Gasteiger partial charge in [-0.2, -0.15) is 0 Å². The van der Waals surface area contributed by atoms with Crippen molar-refractivity contribution in [1.82, 2.24) is 15.5 Å². The van der Waals surface area contributed by atoms with Crippen molar-refractivity contribution in [3.63, 3.8) is 0 Å². The van der Waals surface area contributed by atoms with Crippen LogP contribution in [-0.2, 0) is 9.59 Å². The lowest BCUT2D eigenvalue weighted by Crippen LogP contribution is -2.44. The molecule has 0 aromatic carbocycles. The Hall–Kier alpha value is -1.53. The zero-order valence-electron chi connectivity index (χ0n) is 17.4. The number of fused-ring (bicyclic) bond motifs is 1. The van der Waals surface area contributed by atoms with Crippen molar-refractivity contribution in [2.45, 2.75) is 63.8 Å². The molecular formula is C23H34N4O2. The van der Waals surface area contributed by atoms with Gasteiger partial charge in [0.15, 0.2) is 5.78 Å². The fraction of sp³-hybridized carbons (Fsp3) is 0.783. The predicted octanol–water partition coefficient (Wildman–Crippen LogP) is 2.05. The molecule has 1 amide bonds. The number of carbonyl (C=O) groups is 2. The molecule has 1 unspecified atom stereocenters. The topological polar surface area (TPSA) is 73.8 Å². The van der Waals surface area contributed by atoms with Crippen molar-refractivity contribution in [3.05, 3.63) is 11.3 Å². The number of ketones is 1. The zero-order valence-corrected chi connectivity index (χ0v) is 17.4. The maximum absolute atomic E-state index is 12.9. The summed E-state index contributed by atoms with van der Waals surface area (Å²) >= 11 is 0. The molecule has 4 fully saturated rings. The van der Waals surface area contributed by atoms with E-state index in [0.29, 0.717) is 13.1 Å². The third kappa shape index (κ3) is 4.19. The molecule has 3 aliphatic heterocycles. The Bertz CT molecular complexity index is 725. The van der Waals surface area contributed by atoms with Crippen LogP contribution in [0.3, 0.4) is 0 Å². The van der Waals surface area contributed by atoms with Crippen molar-refractivity contribution < 1.29 is 9.59 Å². The van der Waals surface area contributed by atoms with Crippen molar-refractivity contribution in [3.8, 4) is 0 Å². The lowest BCUT2D eigenvalue weighted by Gasteiger charge is -2.34. The van der Waals surface area contributed by atoms with Crippen LogP contribution in [0.1, 0.15) is 57.8 Å². The minimum Gasteiger partial charge on any atom is -0.326 e. The fourth-order valence-corrected chi connectivity index (χ4v) is 5.80. The van der Waals surface area contributed by atoms with Crippen LogP contribution >= 0.6 is 0 Å². The highest BCUT2D eigenvalue weighted by Crippen LogP contribution is 2.37. The number of piperidine rings is 2. The van der Waals surface area contributed by atoms with Gasteiger partial charge < -0.3 is 10.6 Å².